The number of carbonyl (C=O) groups is 6. The maximum absolute atomic E-state index is 12.7. The molecule has 0 aliphatic carbocycles. The molecule has 0 rings (SSSR count). The number of nitrogens with zero attached hydrogens (tertiary/aromatic N) is 3. The zero-order chi connectivity index (χ0) is 39.2. The zero-order valence-corrected chi connectivity index (χ0v) is 39.5. The minimum atomic E-state index is -4.24. The first kappa shape index (κ1) is 62.2. The summed E-state index contributed by atoms with van der Waals surface area (Å²) in [5.41, 5.74) is 0. The number of hydrogen-bond acceptors (Lipinski definition) is 16. The minimum Gasteiger partial charge on any atom is -0.390 e. The second kappa shape index (κ2) is 40.0. The SMILES string of the molecule is O=C(CCS)CCN(CCNC(=O)CCN(CCC[Si](O)(O)O)CCC(=O)NCCN(CCC(=O)CCS)CCC(=O)CCS)CCC(=O)CCS.[Fe].[Fe].[Fe]. The molecule has 0 bridgehead atoms. The molecule has 5 N–H and O–H groups in total. The molecule has 0 radical (unpaired) electrons. The van der Waals surface area contributed by atoms with Crippen molar-refractivity contribution >= 4 is 94.3 Å². The van der Waals surface area contributed by atoms with Crippen LogP contribution in [-0.4, -0.2) is 168 Å². The van der Waals surface area contributed by atoms with Crippen molar-refractivity contribution in [1.82, 2.24) is 25.3 Å². The van der Waals surface area contributed by atoms with Gasteiger partial charge in [-0.05, 0) is 36.0 Å². The molecule has 0 aromatic carbocycles. The summed E-state index contributed by atoms with van der Waals surface area (Å²) in [4.78, 5) is 108. The van der Waals surface area contributed by atoms with Crippen molar-refractivity contribution in [3.05, 3.63) is 0 Å². The van der Waals surface area contributed by atoms with E-state index in [1.807, 2.05) is 14.7 Å². The van der Waals surface area contributed by atoms with Crippen molar-refractivity contribution in [3.63, 3.8) is 0 Å². The van der Waals surface area contributed by atoms with Gasteiger partial charge in [0, 0.05) is 187 Å². The van der Waals surface area contributed by atoms with Crippen LogP contribution in [0.15, 0.2) is 0 Å². The van der Waals surface area contributed by atoms with E-state index in [4.69, 9.17) is 0 Å². The van der Waals surface area contributed by atoms with Gasteiger partial charge in [0.2, 0.25) is 11.8 Å². The van der Waals surface area contributed by atoms with E-state index in [2.05, 4.69) is 61.1 Å². The Kier molecular flexibility index (Phi) is 45.2. The van der Waals surface area contributed by atoms with Crippen molar-refractivity contribution in [1.29, 1.82) is 0 Å². The molecule has 0 aromatic rings. The molecule has 14 nitrogen and oxygen atoms in total. The first-order valence-electron chi connectivity index (χ1n) is 18.1. The number of amides is 2. The van der Waals surface area contributed by atoms with Crippen molar-refractivity contribution in [2.75, 3.05) is 95.0 Å². The Morgan fingerprint density at radius 1 is 0.418 bits per heavy atom. The topological polar surface area (TPSA) is 197 Å². The van der Waals surface area contributed by atoms with E-state index in [-0.39, 0.29) is 111 Å². The number of thiol groups is 4. The third kappa shape index (κ3) is 39.8. The van der Waals surface area contributed by atoms with Crippen LogP contribution in [0.4, 0.5) is 0 Å². The van der Waals surface area contributed by atoms with Crippen LogP contribution in [0.5, 0.6) is 0 Å². The van der Waals surface area contributed by atoms with E-state index < -0.39 is 8.80 Å². The fourth-order valence-electron chi connectivity index (χ4n) is 5.08. The number of carbonyl (C=O) groups excluding carboxylic acids is 6. The number of nitrogens with one attached hydrogen (secondary N) is 2. The van der Waals surface area contributed by atoms with Crippen LogP contribution in [0, 0.1) is 0 Å². The van der Waals surface area contributed by atoms with Crippen molar-refractivity contribution in [2.24, 2.45) is 0 Å². The zero-order valence-electron chi connectivity index (χ0n) is 31.6. The van der Waals surface area contributed by atoms with Gasteiger partial charge in [-0.2, -0.15) is 50.5 Å². The van der Waals surface area contributed by atoms with Gasteiger partial charge in [0.1, 0.15) is 23.1 Å². The molecule has 0 fully saturated rings. The summed E-state index contributed by atoms with van der Waals surface area (Å²) in [6.45, 7) is 4.39. The Morgan fingerprint density at radius 2 is 0.691 bits per heavy atom. The van der Waals surface area contributed by atoms with Gasteiger partial charge in [-0.1, -0.05) is 0 Å². The molecule has 0 heterocycles. The molecule has 0 spiro atoms. The minimum absolute atomic E-state index is 0. The normalized spacial score (nSPS) is 11.1. The van der Waals surface area contributed by atoms with E-state index in [0.717, 1.165) is 0 Å². The average molecular weight is 998 g/mol. The molecule has 0 aliphatic rings. The summed E-state index contributed by atoms with van der Waals surface area (Å²) in [6, 6.07) is -0.173. The van der Waals surface area contributed by atoms with Gasteiger partial charge in [-0.15, -0.1) is 0 Å². The maximum atomic E-state index is 12.7. The first-order chi connectivity index (χ1) is 24.7. The van der Waals surface area contributed by atoms with Gasteiger partial charge in [0.05, 0.1) is 0 Å². The number of Topliss-reactive ketones (excluding diaryl/α,β-unsaturated/α-hetero) is 4. The Morgan fingerprint density at radius 3 is 0.964 bits per heavy atom. The summed E-state index contributed by atoms with van der Waals surface area (Å²) >= 11 is 16.4. The molecule has 0 aromatic heterocycles. The van der Waals surface area contributed by atoms with Crippen LogP contribution in [-0.2, 0) is 80.0 Å². The summed E-state index contributed by atoms with van der Waals surface area (Å²) in [7, 11) is -4.24. The molecule has 0 atom stereocenters. The fraction of sp³-hybridized carbons (Fsp3) is 0.818. The summed E-state index contributed by atoms with van der Waals surface area (Å²) < 4.78 is 0. The van der Waals surface area contributed by atoms with Gasteiger partial charge < -0.3 is 39.7 Å². The summed E-state index contributed by atoms with van der Waals surface area (Å²) in [6.07, 6.45) is 3.36. The third-order valence-corrected chi connectivity index (χ3v) is 10.1. The van der Waals surface area contributed by atoms with Gasteiger partial charge in [0.25, 0.3) is 0 Å². The smallest absolute Gasteiger partial charge is 0.390 e. The van der Waals surface area contributed by atoms with E-state index in [1.165, 1.54) is 0 Å². The maximum Gasteiger partial charge on any atom is 0.492 e. The molecule has 0 unspecified atom stereocenters. The van der Waals surface area contributed by atoms with E-state index in [0.29, 0.717) is 146 Å². The predicted molar refractivity (Wildman–Crippen MR) is 219 cm³/mol. The fourth-order valence-corrected chi connectivity index (χ4v) is 6.71. The molecule has 22 heteroatoms. The molecule has 2 amide bonds. The largest absolute Gasteiger partial charge is 0.492 e. The number of hydrogen-bond donors (Lipinski definition) is 9. The average Bonchev–Trinajstić information content (AvgIpc) is 3.07. The molecular formula is C33H63Fe3N5O9S4Si. The number of rotatable bonds is 36. The van der Waals surface area contributed by atoms with Crippen LogP contribution in [0.1, 0.15) is 70.6 Å². The van der Waals surface area contributed by atoms with Crippen LogP contribution >= 0.6 is 50.5 Å². The van der Waals surface area contributed by atoms with Gasteiger partial charge in [-0.3, -0.25) is 28.8 Å². The van der Waals surface area contributed by atoms with Gasteiger partial charge >= 0.3 is 8.80 Å². The molecular weight excluding hydrogens is 934 g/mol. The van der Waals surface area contributed by atoms with Gasteiger partial charge in [-0.25, -0.2) is 0 Å². The summed E-state index contributed by atoms with van der Waals surface area (Å²) in [5.74, 6) is 1.81. The Labute approximate surface area is 382 Å². The standard InChI is InChI=1S/C33H63N5O9S4Si.3Fe/c39-28(8-23-48)2-15-37(16-3-29(40)9-24-49)21-12-34-32(43)6-19-36(14-1-27-52(45,46)47)20-7-33(44)35-13-22-38(17-4-30(41)10-25-50)18-5-31(42)11-26-51;;;/h45-51H,1-27H2,(H,34,43)(H,35,44);;;. The van der Waals surface area contributed by atoms with Crippen LogP contribution in [0.2, 0.25) is 6.04 Å². The van der Waals surface area contributed by atoms with Crippen LogP contribution in [0.25, 0.3) is 0 Å². The van der Waals surface area contributed by atoms with E-state index >= 15 is 0 Å². The summed E-state index contributed by atoms with van der Waals surface area (Å²) in [5, 5.41) is 5.76. The molecule has 0 saturated heterocycles. The quantitative estimate of drug-likeness (QED) is 0.0309. The predicted octanol–water partition coefficient (Wildman–Crippen LogP) is 0.320. The third-order valence-electron chi connectivity index (χ3n) is 8.19. The molecule has 0 saturated carbocycles. The Bertz CT molecular complexity index is 963. The molecule has 326 valence electrons. The Balaban J connectivity index is -0.00000433. The van der Waals surface area contributed by atoms with E-state index in [1.54, 1.807) is 0 Å². The molecule has 0 aliphatic heterocycles. The second-order valence-corrected chi connectivity index (χ2v) is 16.5. The van der Waals surface area contributed by atoms with Gasteiger partial charge in [0.15, 0.2) is 0 Å². The monoisotopic (exact) mass is 997 g/mol. The Hall–Kier alpha value is 0.555. The van der Waals surface area contributed by atoms with Crippen molar-refractivity contribution < 1.29 is 94.4 Å². The number of ketones is 4. The van der Waals surface area contributed by atoms with Crippen molar-refractivity contribution in [2.45, 2.75) is 76.7 Å². The van der Waals surface area contributed by atoms with Crippen molar-refractivity contribution in [3.8, 4) is 0 Å². The van der Waals surface area contributed by atoms with Crippen LogP contribution in [0.3, 0.4) is 0 Å². The van der Waals surface area contributed by atoms with E-state index in [9.17, 15) is 43.2 Å². The first-order valence-corrected chi connectivity index (χ1v) is 22.7. The van der Waals surface area contributed by atoms with Crippen LogP contribution < -0.4 is 10.6 Å². The molecule has 55 heavy (non-hydrogen) atoms. The second-order valence-electron chi connectivity index (χ2n) is 12.7.